The van der Waals surface area contributed by atoms with E-state index in [1.165, 1.54) is 32.1 Å². The SMILES string of the molecule is Cl.Cl.NC(Cc1ccccc1)C(=O)NC1CCN(C2CCCCC2)CC1. The van der Waals surface area contributed by atoms with Gasteiger partial charge in [0.15, 0.2) is 0 Å². The zero-order valence-electron chi connectivity index (χ0n) is 15.4. The fourth-order valence-electron chi connectivity index (χ4n) is 4.12. The minimum absolute atomic E-state index is 0. The van der Waals surface area contributed by atoms with Crippen molar-refractivity contribution in [1.29, 1.82) is 0 Å². The number of piperidine rings is 1. The molecule has 0 spiro atoms. The number of nitrogens with one attached hydrogen (secondary N) is 1. The largest absolute Gasteiger partial charge is 0.352 e. The molecule has 3 rings (SSSR count). The van der Waals surface area contributed by atoms with Crippen LogP contribution in [-0.2, 0) is 11.2 Å². The molecule has 1 aliphatic carbocycles. The molecular weight excluding hydrogens is 369 g/mol. The van der Waals surface area contributed by atoms with Crippen LogP contribution in [0.3, 0.4) is 0 Å². The molecule has 148 valence electrons. The van der Waals surface area contributed by atoms with Gasteiger partial charge in [-0.3, -0.25) is 4.79 Å². The molecule has 1 aromatic carbocycles. The number of amides is 1. The zero-order chi connectivity index (χ0) is 16.8. The van der Waals surface area contributed by atoms with Crippen LogP contribution in [0.2, 0.25) is 0 Å². The number of halogens is 2. The highest BCUT2D eigenvalue weighted by Crippen LogP contribution is 2.25. The van der Waals surface area contributed by atoms with Crippen molar-refractivity contribution < 1.29 is 4.79 Å². The Labute approximate surface area is 170 Å². The molecule has 1 saturated carbocycles. The van der Waals surface area contributed by atoms with Crippen LogP contribution in [0.25, 0.3) is 0 Å². The first-order valence-electron chi connectivity index (χ1n) is 9.56. The molecule has 1 aliphatic heterocycles. The Morgan fingerprint density at radius 3 is 2.27 bits per heavy atom. The summed E-state index contributed by atoms with van der Waals surface area (Å²) in [5.41, 5.74) is 7.21. The number of nitrogens with zero attached hydrogens (tertiary/aromatic N) is 1. The molecule has 2 fully saturated rings. The fraction of sp³-hybridized carbons (Fsp3) is 0.650. The van der Waals surface area contributed by atoms with Gasteiger partial charge in [-0.1, -0.05) is 49.6 Å². The molecule has 6 heteroatoms. The maximum atomic E-state index is 12.3. The molecule has 1 amide bonds. The second-order valence-electron chi connectivity index (χ2n) is 7.41. The van der Waals surface area contributed by atoms with Gasteiger partial charge < -0.3 is 16.0 Å². The molecular formula is C20H33Cl2N3O. The van der Waals surface area contributed by atoms with Gasteiger partial charge >= 0.3 is 0 Å². The van der Waals surface area contributed by atoms with Crippen LogP contribution in [-0.4, -0.2) is 42.0 Å². The standard InChI is InChI=1S/C20H31N3O.2ClH/c21-19(15-16-7-3-1-4-8-16)20(24)22-17-11-13-23(14-12-17)18-9-5-2-6-10-18;;/h1,3-4,7-8,17-19H,2,5-6,9-15,21H2,(H,22,24);2*1H. The highest BCUT2D eigenvalue weighted by atomic mass is 35.5. The fourth-order valence-corrected chi connectivity index (χ4v) is 4.12. The van der Waals surface area contributed by atoms with Gasteiger partial charge in [0.1, 0.15) is 0 Å². The van der Waals surface area contributed by atoms with Crippen molar-refractivity contribution in [3.05, 3.63) is 35.9 Å². The highest BCUT2D eigenvalue weighted by Gasteiger charge is 2.27. The van der Waals surface area contributed by atoms with E-state index in [2.05, 4.69) is 10.2 Å². The van der Waals surface area contributed by atoms with E-state index in [1.807, 2.05) is 30.3 Å². The third kappa shape index (κ3) is 6.73. The van der Waals surface area contributed by atoms with E-state index in [4.69, 9.17) is 5.73 Å². The third-order valence-electron chi connectivity index (χ3n) is 5.60. The Hall–Kier alpha value is -0.810. The third-order valence-corrected chi connectivity index (χ3v) is 5.60. The summed E-state index contributed by atoms with van der Waals surface area (Å²) in [5.74, 6) is -0.00466. The first kappa shape index (κ1) is 23.2. The quantitative estimate of drug-likeness (QED) is 0.795. The van der Waals surface area contributed by atoms with Gasteiger partial charge in [0.05, 0.1) is 6.04 Å². The summed E-state index contributed by atoms with van der Waals surface area (Å²) in [5, 5.41) is 3.17. The molecule has 1 saturated heterocycles. The van der Waals surface area contributed by atoms with Gasteiger partial charge in [-0.25, -0.2) is 0 Å². The smallest absolute Gasteiger partial charge is 0.237 e. The highest BCUT2D eigenvalue weighted by molar-refractivity contribution is 5.85. The normalized spacial score (nSPS) is 20.5. The van der Waals surface area contributed by atoms with E-state index in [9.17, 15) is 4.79 Å². The van der Waals surface area contributed by atoms with Crippen molar-refractivity contribution in [1.82, 2.24) is 10.2 Å². The predicted octanol–water partition coefficient (Wildman–Crippen LogP) is 3.31. The Balaban J connectivity index is 0.00000169. The Morgan fingerprint density at radius 2 is 1.65 bits per heavy atom. The van der Waals surface area contributed by atoms with Crippen molar-refractivity contribution in [3.63, 3.8) is 0 Å². The molecule has 0 aromatic heterocycles. The molecule has 4 nitrogen and oxygen atoms in total. The number of hydrogen-bond donors (Lipinski definition) is 2. The van der Waals surface area contributed by atoms with Crippen LogP contribution in [0, 0.1) is 0 Å². The van der Waals surface area contributed by atoms with Crippen molar-refractivity contribution >= 4 is 30.7 Å². The van der Waals surface area contributed by atoms with Crippen LogP contribution in [0.4, 0.5) is 0 Å². The molecule has 26 heavy (non-hydrogen) atoms. The topological polar surface area (TPSA) is 58.4 Å². The van der Waals surface area contributed by atoms with Crippen LogP contribution in [0.15, 0.2) is 30.3 Å². The van der Waals surface area contributed by atoms with E-state index < -0.39 is 6.04 Å². The van der Waals surface area contributed by atoms with Gasteiger partial charge in [0.2, 0.25) is 5.91 Å². The lowest BCUT2D eigenvalue weighted by atomic mass is 9.92. The lowest BCUT2D eigenvalue weighted by molar-refractivity contribution is -0.123. The average Bonchev–Trinajstić information content (AvgIpc) is 2.64. The zero-order valence-corrected chi connectivity index (χ0v) is 17.1. The van der Waals surface area contributed by atoms with Gasteiger partial charge in [0.25, 0.3) is 0 Å². The minimum atomic E-state index is -0.455. The van der Waals surface area contributed by atoms with E-state index in [-0.39, 0.29) is 30.7 Å². The molecule has 1 atom stereocenters. The summed E-state index contributed by atoms with van der Waals surface area (Å²) in [4.78, 5) is 15.0. The van der Waals surface area contributed by atoms with E-state index in [0.717, 1.165) is 37.5 Å². The predicted molar refractivity (Wildman–Crippen MR) is 112 cm³/mol. The summed E-state index contributed by atoms with van der Waals surface area (Å²) in [6.45, 7) is 2.23. The van der Waals surface area contributed by atoms with Crippen molar-refractivity contribution in [2.75, 3.05) is 13.1 Å². The van der Waals surface area contributed by atoms with Crippen LogP contribution in [0.5, 0.6) is 0 Å². The summed E-state index contributed by atoms with van der Waals surface area (Å²) in [6.07, 6.45) is 9.61. The second-order valence-corrected chi connectivity index (χ2v) is 7.41. The number of rotatable bonds is 5. The number of carbonyl (C=O) groups is 1. The number of likely N-dealkylation sites (tertiary alicyclic amines) is 1. The molecule has 0 radical (unpaired) electrons. The molecule has 1 heterocycles. The van der Waals surface area contributed by atoms with Gasteiger partial charge in [-0.2, -0.15) is 0 Å². The Bertz CT molecular complexity index is 515. The van der Waals surface area contributed by atoms with E-state index in [0.29, 0.717) is 12.5 Å². The maximum Gasteiger partial charge on any atom is 0.237 e. The summed E-state index contributed by atoms with van der Waals surface area (Å²) < 4.78 is 0. The van der Waals surface area contributed by atoms with Crippen LogP contribution >= 0.6 is 24.8 Å². The van der Waals surface area contributed by atoms with Gasteiger partial charge in [-0.15, -0.1) is 24.8 Å². The van der Waals surface area contributed by atoms with E-state index in [1.54, 1.807) is 0 Å². The molecule has 0 bridgehead atoms. The van der Waals surface area contributed by atoms with Crippen LogP contribution in [0.1, 0.15) is 50.5 Å². The van der Waals surface area contributed by atoms with Crippen molar-refractivity contribution in [3.8, 4) is 0 Å². The lowest BCUT2D eigenvalue weighted by Crippen LogP contribution is -2.51. The van der Waals surface area contributed by atoms with Crippen LogP contribution < -0.4 is 11.1 Å². The Kier molecular flexibility index (Phi) is 10.6. The van der Waals surface area contributed by atoms with E-state index >= 15 is 0 Å². The van der Waals surface area contributed by atoms with Crippen molar-refractivity contribution in [2.45, 2.75) is 69.5 Å². The average molecular weight is 402 g/mol. The van der Waals surface area contributed by atoms with Gasteiger partial charge in [0, 0.05) is 25.2 Å². The Morgan fingerprint density at radius 1 is 1.04 bits per heavy atom. The number of hydrogen-bond acceptors (Lipinski definition) is 3. The minimum Gasteiger partial charge on any atom is -0.352 e. The second kappa shape index (κ2) is 11.8. The molecule has 3 N–H and O–H groups in total. The number of carbonyl (C=O) groups excluding carboxylic acids is 1. The molecule has 2 aliphatic rings. The first-order valence-corrected chi connectivity index (χ1v) is 9.56. The van der Waals surface area contributed by atoms with Crippen molar-refractivity contribution in [2.24, 2.45) is 5.73 Å². The van der Waals surface area contributed by atoms with Gasteiger partial charge in [-0.05, 0) is 37.7 Å². The first-order chi connectivity index (χ1) is 11.7. The summed E-state index contributed by atoms with van der Waals surface area (Å²) >= 11 is 0. The maximum absolute atomic E-state index is 12.3. The summed E-state index contributed by atoms with van der Waals surface area (Å²) in [6, 6.07) is 10.6. The molecule has 1 unspecified atom stereocenters. The lowest BCUT2D eigenvalue weighted by Gasteiger charge is -2.39. The number of nitrogens with two attached hydrogens (primary N) is 1. The monoisotopic (exact) mass is 401 g/mol. The molecule has 1 aromatic rings. The number of benzene rings is 1. The summed E-state index contributed by atoms with van der Waals surface area (Å²) in [7, 11) is 0.